The van der Waals surface area contributed by atoms with Gasteiger partial charge >= 0.3 is 33.6 Å². The molecule has 0 aliphatic heterocycles. The third-order valence-corrected chi connectivity index (χ3v) is 18.5. The Morgan fingerprint density at radius 3 is 0.832 bits per heavy atom. The Morgan fingerprint density at radius 2 is 0.525 bits per heavy atom. The number of rotatable bonds is 75. The Bertz CT molecular complexity index is 2320. The zero-order chi connectivity index (χ0) is 73.7. The lowest BCUT2D eigenvalue weighted by molar-refractivity contribution is -0.161. The Labute approximate surface area is 614 Å². The van der Waals surface area contributed by atoms with Crippen LogP contribution < -0.4 is 0 Å². The van der Waals surface area contributed by atoms with Crippen molar-refractivity contribution in [1.29, 1.82) is 0 Å². The van der Waals surface area contributed by atoms with E-state index in [1.165, 1.54) is 122 Å². The maximum atomic E-state index is 13.0. The number of ether oxygens (including phenoxy) is 3. The topological polar surface area (TPSA) is 231 Å². The number of hydrogen-bond acceptors (Lipinski definition) is 14. The van der Waals surface area contributed by atoms with E-state index in [0.29, 0.717) is 19.3 Å². The number of hydrogen-bond donors (Lipinski definition) is 4. The molecule has 4 N–H and O–H groups in total. The second-order valence-corrected chi connectivity index (χ2v) is 29.4. The van der Waals surface area contributed by atoms with E-state index >= 15 is 0 Å². The number of carbonyl (C=O) groups excluding carboxylic acids is 3. The third-order valence-electron chi connectivity index (χ3n) is 16.6. The molecule has 0 saturated carbocycles. The molecule has 0 aromatic rings. The van der Waals surface area contributed by atoms with Gasteiger partial charge in [-0.2, -0.15) is 0 Å². The van der Waals surface area contributed by atoms with Crippen molar-refractivity contribution < 1.29 is 75.8 Å². The smallest absolute Gasteiger partial charge is 0.463 e. The van der Waals surface area contributed by atoms with Crippen molar-refractivity contribution in [2.75, 3.05) is 39.6 Å². The lowest BCUT2D eigenvalue weighted by Gasteiger charge is -2.21. The van der Waals surface area contributed by atoms with E-state index in [-0.39, 0.29) is 19.3 Å². The Hall–Kier alpha value is -4.05. The second kappa shape index (κ2) is 75.6. The van der Waals surface area contributed by atoms with Gasteiger partial charge in [-0.1, -0.05) is 296 Å². The van der Waals surface area contributed by atoms with Gasteiger partial charge in [0.15, 0.2) is 6.10 Å². The quantitative estimate of drug-likeness (QED) is 0.0146. The summed E-state index contributed by atoms with van der Waals surface area (Å²) in [5.41, 5.74) is 0. The molecule has 0 heterocycles. The molecule has 18 heteroatoms. The van der Waals surface area contributed by atoms with Crippen LogP contribution >= 0.6 is 15.6 Å². The number of aliphatic hydroxyl groups excluding tert-OH is 2. The molecule has 16 nitrogen and oxygen atoms in total. The SMILES string of the molecule is CC/C=C\C/C=C\C/C=C\C/C=C\CCCCCCCCC(=O)OCC(COP(=O)(O)OCC(O)COP(=O)(O)OCC(O)COC(=O)CCCCCCCCCCCCCCCCC/C=C\C/C=C\C/C=C\C/C=C\CCCCC)OC(=O)CCCCCCC/C=C\C/C=C\CCCCC. The molecular formula is C83H144O16P2. The number of aliphatic hydroxyl groups is 2. The molecule has 582 valence electrons. The first-order valence-electron chi connectivity index (χ1n) is 39.8. The predicted octanol–water partition coefficient (Wildman–Crippen LogP) is 23.3. The highest BCUT2D eigenvalue weighted by Gasteiger charge is 2.29. The molecule has 0 rings (SSSR count). The molecule has 0 bridgehead atoms. The number of carbonyl (C=O) groups is 3. The van der Waals surface area contributed by atoms with Gasteiger partial charge in [0.25, 0.3) is 0 Å². The minimum absolute atomic E-state index is 0.0835. The van der Waals surface area contributed by atoms with Crippen LogP contribution in [0.15, 0.2) is 122 Å². The maximum Gasteiger partial charge on any atom is 0.472 e. The minimum atomic E-state index is -4.94. The number of phosphoric acid groups is 2. The molecule has 0 aromatic carbocycles. The van der Waals surface area contributed by atoms with E-state index in [1.807, 2.05) is 0 Å². The standard InChI is InChI=1S/C83H144O16P2/c1-4-7-10-13-16-19-22-25-28-30-32-33-34-35-36-37-38-39-40-41-42-43-45-47-49-51-54-57-60-63-66-69-81(86)93-72-78(84)73-95-100(89,90)96-74-79(85)75-97-101(91,92)98-77-80(99-83(88)71-68-65-62-59-56-53-48-27-24-21-18-15-12-9-6-3)76-94-82(87)70-67-64-61-58-55-52-50-46-44-31-29-26-23-20-17-14-11-8-5-2/h8,11,16-21,25-29,32-33,35-36,44,46,48,78-80,84-85H,4-7,9-10,12-15,22-24,30-31,34,37-43,45,47,49-77H2,1-3H3,(H,89,90)(H,91,92)/b11-8-,19-16-,20-17-,21-18-,28-25-,29-26-,33-32-,36-35-,46-44-,48-27-. The minimum Gasteiger partial charge on any atom is -0.463 e. The monoisotopic (exact) mass is 1460 g/mol. The van der Waals surface area contributed by atoms with Crippen LogP contribution in [-0.4, -0.2) is 95.9 Å². The fourth-order valence-electron chi connectivity index (χ4n) is 10.6. The average molecular weight is 1460 g/mol. The van der Waals surface area contributed by atoms with Crippen LogP contribution in [0.25, 0.3) is 0 Å². The van der Waals surface area contributed by atoms with Crippen molar-refractivity contribution in [1.82, 2.24) is 0 Å². The van der Waals surface area contributed by atoms with E-state index in [9.17, 15) is 43.5 Å². The molecule has 0 spiro atoms. The number of esters is 3. The van der Waals surface area contributed by atoms with E-state index < -0.39 is 91.5 Å². The number of allylic oxidation sites excluding steroid dienone is 20. The molecule has 5 unspecified atom stereocenters. The Kier molecular flexibility index (Phi) is 72.6. The average Bonchev–Trinajstić information content (AvgIpc) is 1.14. The zero-order valence-corrected chi connectivity index (χ0v) is 65.3. The molecule has 101 heavy (non-hydrogen) atoms. The normalized spacial score (nSPS) is 14.6. The van der Waals surface area contributed by atoms with Crippen LogP contribution in [0.1, 0.15) is 329 Å². The maximum absolute atomic E-state index is 13.0. The van der Waals surface area contributed by atoms with E-state index in [2.05, 4.69) is 142 Å². The van der Waals surface area contributed by atoms with Gasteiger partial charge in [-0.15, -0.1) is 0 Å². The first-order valence-corrected chi connectivity index (χ1v) is 42.8. The summed E-state index contributed by atoms with van der Waals surface area (Å²) in [6.45, 7) is 2.50. The van der Waals surface area contributed by atoms with Crippen molar-refractivity contribution >= 4 is 33.6 Å². The summed E-state index contributed by atoms with van der Waals surface area (Å²) in [7, 11) is -9.80. The summed E-state index contributed by atoms with van der Waals surface area (Å²) < 4.78 is 61.1. The molecule has 0 radical (unpaired) electrons. The van der Waals surface area contributed by atoms with Crippen molar-refractivity contribution in [3.8, 4) is 0 Å². The number of unbranched alkanes of at least 4 members (excludes halogenated alkanes) is 32. The lowest BCUT2D eigenvalue weighted by atomic mass is 10.0. The highest BCUT2D eigenvalue weighted by molar-refractivity contribution is 7.47. The van der Waals surface area contributed by atoms with Crippen LogP contribution in [0, 0.1) is 0 Å². The van der Waals surface area contributed by atoms with E-state index in [1.54, 1.807) is 0 Å². The van der Waals surface area contributed by atoms with Gasteiger partial charge in [0.2, 0.25) is 0 Å². The first kappa shape index (κ1) is 97.0. The van der Waals surface area contributed by atoms with Crippen LogP contribution in [-0.2, 0) is 55.8 Å². The largest absolute Gasteiger partial charge is 0.472 e. The first-order chi connectivity index (χ1) is 49.2. The summed E-state index contributed by atoms with van der Waals surface area (Å²) in [5.74, 6) is -1.60. The van der Waals surface area contributed by atoms with Crippen LogP contribution in [0.5, 0.6) is 0 Å². The van der Waals surface area contributed by atoms with Gasteiger partial charge in [0, 0.05) is 19.3 Å². The molecule has 0 amide bonds. The predicted molar refractivity (Wildman–Crippen MR) is 417 cm³/mol. The van der Waals surface area contributed by atoms with Crippen molar-refractivity contribution in [3.05, 3.63) is 122 Å². The van der Waals surface area contributed by atoms with Crippen LogP contribution in [0.4, 0.5) is 0 Å². The summed E-state index contributed by atoms with van der Waals surface area (Å²) >= 11 is 0. The fraction of sp³-hybridized carbons (Fsp3) is 0.723. The van der Waals surface area contributed by atoms with Crippen LogP contribution in [0.3, 0.4) is 0 Å². The highest BCUT2D eigenvalue weighted by Crippen LogP contribution is 2.45. The fourth-order valence-corrected chi connectivity index (χ4v) is 12.2. The highest BCUT2D eigenvalue weighted by atomic mass is 31.2. The molecule has 0 aromatic heterocycles. The van der Waals surface area contributed by atoms with E-state index in [4.69, 9.17) is 32.3 Å². The van der Waals surface area contributed by atoms with Gasteiger partial charge < -0.3 is 34.2 Å². The second-order valence-electron chi connectivity index (χ2n) is 26.5. The third kappa shape index (κ3) is 76.9. The molecule has 0 aliphatic rings. The molecule has 0 fully saturated rings. The summed E-state index contributed by atoms with van der Waals surface area (Å²) in [6.07, 6.45) is 89.7. The van der Waals surface area contributed by atoms with Gasteiger partial charge in [-0.3, -0.25) is 32.5 Å². The number of phosphoric ester groups is 2. The van der Waals surface area contributed by atoms with Gasteiger partial charge in [-0.05, 0) is 135 Å². The van der Waals surface area contributed by atoms with Gasteiger partial charge in [-0.25, -0.2) is 9.13 Å². The van der Waals surface area contributed by atoms with Crippen LogP contribution in [0.2, 0.25) is 0 Å². The van der Waals surface area contributed by atoms with Crippen molar-refractivity contribution in [3.63, 3.8) is 0 Å². The molecule has 0 aliphatic carbocycles. The summed E-state index contributed by atoms with van der Waals surface area (Å²) in [5, 5.41) is 20.6. The Morgan fingerprint density at radius 1 is 0.287 bits per heavy atom. The van der Waals surface area contributed by atoms with Gasteiger partial charge in [0.05, 0.1) is 26.4 Å². The van der Waals surface area contributed by atoms with Crippen molar-refractivity contribution in [2.45, 2.75) is 347 Å². The summed E-state index contributed by atoms with van der Waals surface area (Å²) in [6, 6.07) is 0. The van der Waals surface area contributed by atoms with Gasteiger partial charge in [0.1, 0.15) is 25.4 Å². The molecule has 0 saturated heterocycles. The zero-order valence-electron chi connectivity index (χ0n) is 63.5. The lowest BCUT2D eigenvalue weighted by Crippen LogP contribution is -2.30. The Balaban J connectivity index is 4.48. The van der Waals surface area contributed by atoms with Crippen molar-refractivity contribution in [2.24, 2.45) is 0 Å². The molecule has 5 atom stereocenters. The molecular weight excluding hydrogens is 1310 g/mol. The van der Waals surface area contributed by atoms with E-state index in [0.717, 1.165) is 148 Å². The summed E-state index contributed by atoms with van der Waals surface area (Å²) in [4.78, 5) is 58.6.